The van der Waals surface area contributed by atoms with E-state index in [1.165, 1.54) is 12.8 Å². The van der Waals surface area contributed by atoms with Gasteiger partial charge in [-0.15, -0.1) is 0 Å². The Hall–Kier alpha value is -0.570. The Bertz CT molecular complexity index is 194. The maximum atomic E-state index is 11.7. The lowest BCUT2D eigenvalue weighted by Crippen LogP contribution is -2.48. The van der Waals surface area contributed by atoms with Crippen LogP contribution in [0.3, 0.4) is 0 Å². The van der Waals surface area contributed by atoms with Crippen LogP contribution in [0.5, 0.6) is 0 Å². The number of nitrogens with zero attached hydrogens (tertiary/aromatic N) is 1. The van der Waals surface area contributed by atoms with Crippen LogP contribution >= 0.6 is 0 Å². The third-order valence-corrected chi connectivity index (χ3v) is 2.92. The van der Waals surface area contributed by atoms with Gasteiger partial charge >= 0.3 is 0 Å². The van der Waals surface area contributed by atoms with Crippen LogP contribution in [0.4, 0.5) is 0 Å². The van der Waals surface area contributed by atoms with Crippen molar-refractivity contribution in [2.24, 2.45) is 0 Å². The lowest BCUT2D eigenvalue weighted by atomic mass is 10.0. The molecule has 0 saturated carbocycles. The Labute approximate surface area is 93.2 Å². The van der Waals surface area contributed by atoms with E-state index in [4.69, 9.17) is 0 Å². The van der Waals surface area contributed by atoms with Crippen molar-refractivity contribution in [1.29, 1.82) is 0 Å². The molecule has 0 aliphatic carbocycles. The lowest BCUT2D eigenvalue weighted by Gasteiger charge is -2.33. The molecule has 3 heteroatoms. The van der Waals surface area contributed by atoms with Crippen molar-refractivity contribution in [3.8, 4) is 0 Å². The minimum atomic E-state index is 0.334. The van der Waals surface area contributed by atoms with E-state index in [0.29, 0.717) is 18.4 Å². The Morgan fingerprint density at radius 2 is 2.20 bits per heavy atom. The summed E-state index contributed by atoms with van der Waals surface area (Å²) in [4.78, 5) is 13.7. The van der Waals surface area contributed by atoms with Gasteiger partial charge in [0.15, 0.2) is 0 Å². The minimum absolute atomic E-state index is 0.334. The Kier molecular flexibility index (Phi) is 5.69. The van der Waals surface area contributed by atoms with Gasteiger partial charge < -0.3 is 10.2 Å². The quantitative estimate of drug-likeness (QED) is 0.753. The second-order valence-corrected chi connectivity index (χ2v) is 4.38. The third kappa shape index (κ3) is 4.20. The molecule has 0 bridgehead atoms. The number of carbonyl (C=O) groups excluding carboxylic acids is 1. The highest BCUT2D eigenvalue weighted by Crippen LogP contribution is 2.11. The first kappa shape index (κ1) is 12.5. The highest BCUT2D eigenvalue weighted by atomic mass is 16.2. The first-order chi connectivity index (χ1) is 7.27. The van der Waals surface area contributed by atoms with Crippen molar-refractivity contribution < 1.29 is 4.79 Å². The molecule has 0 aromatic rings. The second-order valence-electron chi connectivity index (χ2n) is 4.38. The fourth-order valence-electron chi connectivity index (χ4n) is 2.09. The largest absolute Gasteiger partial charge is 0.341 e. The van der Waals surface area contributed by atoms with Gasteiger partial charge in [0.05, 0.1) is 0 Å². The minimum Gasteiger partial charge on any atom is -0.341 e. The highest BCUT2D eigenvalue weighted by Gasteiger charge is 2.22. The molecule has 88 valence electrons. The van der Waals surface area contributed by atoms with Crippen LogP contribution in [0.2, 0.25) is 0 Å². The Morgan fingerprint density at radius 1 is 1.40 bits per heavy atom. The maximum Gasteiger partial charge on any atom is 0.222 e. The fraction of sp³-hybridized carbons (Fsp3) is 0.917. The molecule has 1 fully saturated rings. The van der Waals surface area contributed by atoms with Crippen LogP contribution < -0.4 is 5.32 Å². The molecule has 1 saturated heterocycles. The summed E-state index contributed by atoms with van der Waals surface area (Å²) in [6, 6.07) is 0.527. The monoisotopic (exact) mass is 212 g/mol. The van der Waals surface area contributed by atoms with Gasteiger partial charge in [-0.05, 0) is 32.2 Å². The van der Waals surface area contributed by atoms with Gasteiger partial charge in [0.1, 0.15) is 0 Å². The fourth-order valence-corrected chi connectivity index (χ4v) is 2.09. The molecule has 1 amide bonds. The number of hydrogen-bond acceptors (Lipinski definition) is 2. The molecule has 1 heterocycles. The molecule has 0 aromatic carbocycles. The number of carbonyl (C=O) groups is 1. The topological polar surface area (TPSA) is 32.3 Å². The van der Waals surface area contributed by atoms with E-state index in [2.05, 4.69) is 19.2 Å². The van der Waals surface area contributed by atoms with E-state index >= 15 is 0 Å². The van der Waals surface area contributed by atoms with Crippen LogP contribution in [0.1, 0.15) is 46.0 Å². The summed E-state index contributed by atoms with van der Waals surface area (Å²) in [6.45, 7) is 7.19. The van der Waals surface area contributed by atoms with Crippen LogP contribution in [-0.4, -0.2) is 36.5 Å². The number of likely N-dealkylation sites (tertiary alicyclic amines) is 1. The van der Waals surface area contributed by atoms with Gasteiger partial charge in [0.2, 0.25) is 5.91 Å². The van der Waals surface area contributed by atoms with E-state index in [9.17, 15) is 4.79 Å². The van der Waals surface area contributed by atoms with Gasteiger partial charge in [-0.25, -0.2) is 0 Å². The van der Waals surface area contributed by atoms with Crippen molar-refractivity contribution in [3.63, 3.8) is 0 Å². The number of rotatable bonds is 5. The number of piperidine rings is 1. The summed E-state index contributed by atoms with van der Waals surface area (Å²) in [7, 11) is 0. The smallest absolute Gasteiger partial charge is 0.222 e. The molecule has 1 aliphatic rings. The van der Waals surface area contributed by atoms with E-state index < -0.39 is 0 Å². The lowest BCUT2D eigenvalue weighted by molar-refractivity contribution is -0.132. The zero-order valence-electron chi connectivity index (χ0n) is 10.1. The Morgan fingerprint density at radius 3 is 2.87 bits per heavy atom. The zero-order valence-corrected chi connectivity index (χ0v) is 10.1. The third-order valence-electron chi connectivity index (χ3n) is 2.92. The molecular weight excluding hydrogens is 188 g/mol. The first-order valence-electron chi connectivity index (χ1n) is 6.29. The SMILES string of the molecule is CCCNC1CCCN(C(=O)CCC)C1. The summed E-state index contributed by atoms with van der Waals surface area (Å²) in [5.41, 5.74) is 0. The van der Waals surface area contributed by atoms with Crippen LogP contribution in [0.15, 0.2) is 0 Å². The zero-order chi connectivity index (χ0) is 11.1. The standard InChI is InChI=1S/C12H24N2O/c1-3-6-12(15)14-9-5-7-11(10-14)13-8-4-2/h11,13H,3-10H2,1-2H3. The van der Waals surface area contributed by atoms with Gasteiger partial charge in [0, 0.05) is 25.6 Å². The molecule has 0 radical (unpaired) electrons. The van der Waals surface area contributed by atoms with Crippen molar-refractivity contribution >= 4 is 5.91 Å². The number of amides is 1. The second kappa shape index (κ2) is 6.83. The van der Waals surface area contributed by atoms with Gasteiger partial charge in [-0.2, -0.15) is 0 Å². The molecule has 1 aliphatic heterocycles. The van der Waals surface area contributed by atoms with Crippen LogP contribution in [0.25, 0.3) is 0 Å². The molecule has 1 N–H and O–H groups in total. The average molecular weight is 212 g/mol. The molecule has 1 unspecified atom stereocenters. The van der Waals surface area contributed by atoms with E-state index in [0.717, 1.165) is 32.5 Å². The summed E-state index contributed by atoms with van der Waals surface area (Å²) >= 11 is 0. The summed E-state index contributed by atoms with van der Waals surface area (Å²) in [5, 5.41) is 3.50. The molecule has 1 atom stereocenters. The van der Waals surface area contributed by atoms with Crippen LogP contribution in [-0.2, 0) is 4.79 Å². The van der Waals surface area contributed by atoms with Crippen molar-refractivity contribution in [2.75, 3.05) is 19.6 Å². The van der Waals surface area contributed by atoms with Gasteiger partial charge in [0.25, 0.3) is 0 Å². The van der Waals surface area contributed by atoms with E-state index in [1.54, 1.807) is 0 Å². The highest BCUT2D eigenvalue weighted by molar-refractivity contribution is 5.76. The maximum absolute atomic E-state index is 11.7. The predicted octanol–water partition coefficient (Wildman–Crippen LogP) is 1.78. The molecular formula is C12H24N2O. The number of hydrogen-bond donors (Lipinski definition) is 1. The number of nitrogens with one attached hydrogen (secondary N) is 1. The molecule has 1 rings (SSSR count). The van der Waals surface area contributed by atoms with Crippen molar-refractivity contribution in [1.82, 2.24) is 10.2 Å². The normalized spacial score (nSPS) is 21.7. The summed E-state index contributed by atoms with van der Waals surface area (Å²) in [5.74, 6) is 0.334. The predicted molar refractivity (Wildman–Crippen MR) is 62.8 cm³/mol. The average Bonchev–Trinajstić information content (AvgIpc) is 2.27. The molecule has 0 spiro atoms. The van der Waals surface area contributed by atoms with Gasteiger partial charge in [-0.3, -0.25) is 4.79 Å². The van der Waals surface area contributed by atoms with Crippen molar-refractivity contribution in [2.45, 2.75) is 52.0 Å². The molecule has 3 nitrogen and oxygen atoms in total. The molecule has 0 aromatic heterocycles. The summed E-state index contributed by atoms with van der Waals surface area (Å²) in [6.07, 6.45) is 5.20. The van der Waals surface area contributed by atoms with Crippen molar-refractivity contribution in [3.05, 3.63) is 0 Å². The van der Waals surface area contributed by atoms with E-state index in [1.807, 2.05) is 4.90 Å². The summed E-state index contributed by atoms with van der Waals surface area (Å²) < 4.78 is 0. The molecule has 15 heavy (non-hydrogen) atoms. The first-order valence-corrected chi connectivity index (χ1v) is 6.29. The van der Waals surface area contributed by atoms with Crippen LogP contribution in [0, 0.1) is 0 Å². The van der Waals surface area contributed by atoms with Gasteiger partial charge in [-0.1, -0.05) is 13.8 Å². The Balaban J connectivity index is 2.31. The van der Waals surface area contributed by atoms with E-state index in [-0.39, 0.29) is 0 Å².